The molecule has 2 aromatic heterocycles. The summed E-state index contributed by atoms with van der Waals surface area (Å²) in [4.78, 5) is 13.0. The molecule has 0 spiro atoms. The largest absolute Gasteiger partial charge is 0.364 e. The number of benzene rings is 1. The highest BCUT2D eigenvalue weighted by molar-refractivity contribution is 5.40. The summed E-state index contributed by atoms with van der Waals surface area (Å²) in [6.07, 6.45) is 3.52. The lowest BCUT2D eigenvalue weighted by atomic mass is 10.1. The highest BCUT2D eigenvalue weighted by atomic mass is 15.1. The molecule has 2 N–H and O–H groups in total. The zero-order valence-corrected chi connectivity index (χ0v) is 13.0. The van der Waals surface area contributed by atoms with Gasteiger partial charge in [-0.1, -0.05) is 35.9 Å². The molecule has 0 aliphatic heterocycles. The van der Waals surface area contributed by atoms with E-state index < -0.39 is 0 Å². The van der Waals surface area contributed by atoms with Crippen molar-refractivity contribution < 1.29 is 0 Å². The number of pyridine rings is 1. The van der Waals surface area contributed by atoms with Gasteiger partial charge in [0, 0.05) is 18.9 Å². The fourth-order valence-electron chi connectivity index (χ4n) is 2.11. The normalized spacial score (nSPS) is 10.3. The second-order valence-corrected chi connectivity index (χ2v) is 5.28. The Hall–Kier alpha value is -2.95. The van der Waals surface area contributed by atoms with E-state index >= 15 is 0 Å². The van der Waals surface area contributed by atoms with Crippen molar-refractivity contribution in [3.63, 3.8) is 0 Å². The standard InChI is InChI=1S/C18H19N5/c1-14-5-7-15(8-6-14)12-22-18-20-11-9-17(23-18)21-13-16-4-2-3-10-19-16/h2-11H,12-13H2,1H3,(H2,20,21,22,23). The second-order valence-electron chi connectivity index (χ2n) is 5.28. The van der Waals surface area contributed by atoms with Gasteiger partial charge in [-0.3, -0.25) is 4.98 Å². The highest BCUT2D eigenvalue weighted by Crippen LogP contribution is 2.09. The van der Waals surface area contributed by atoms with Crippen molar-refractivity contribution >= 4 is 11.8 Å². The maximum Gasteiger partial charge on any atom is 0.224 e. The molecule has 0 saturated heterocycles. The van der Waals surface area contributed by atoms with Gasteiger partial charge in [-0.15, -0.1) is 0 Å². The van der Waals surface area contributed by atoms with Crippen LogP contribution < -0.4 is 10.6 Å². The summed E-state index contributed by atoms with van der Waals surface area (Å²) in [5, 5.41) is 6.49. The van der Waals surface area contributed by atoms with Crippen LogP contribution in [0.3, 0.4) is 0 Å². The summed E-state index contributed by atoms with van der Waals surface area (Å²) in [7, 11) is 0. The quantitative estimate of drug-likeness (QED) is 0.731. The van der Waals surface area contributed by atoms with Gasteiger partial charge in [0.15, 0.2) is 0 Å². The van der Waals surface area contributed by atoms with Gasteiger partial charge in [-0.05, 0) is 30.7 Å². The summed E-state index contributed by atoms with van der Waals surface area (Å²) in [6, 6.07) is 16.1. The number of aryl methyl sites for hydroxylation is 1. The van der Waals surface area contributed by atoms with E-state index in [2.05, 4.69) is 56.8 Å². The molecule has 0 bridgehead atoms. The van der Waals surface area contributed by atoms with Crippen molar-refractivity contribution in [2.24, 2.45) is 0 Å². The van der Waals surface area contributed by atoms with E-state index in [9.17, 15) is 0 Å². The average molecular weight is 305 g/mol. The molecule has 0 aliphatic rings. The zero-order valence-electron chi connectivity index (χ0n) is 13.0. The Balaban J connectivity index is 1.57. The van der Waals surface area contributed by atoms with Crippen molar-refractivity contribution in [1.82, 2.24) is 15.0 Å². The van der Waals surface area contributed by atoms with Crippen molar-refractivity contribution in [2.75, 3.05) is 10.6 Å². The van der Waals surface area contributed by atoms with Crippen LogP contribution in [0.4, 0.5) is 11.8 Å². The molecule has 1 aromatic carbocycles. The van der Waals surface area contributed by atoms with Crippen LogP contribution in [-0.4, -0.2) is 15.0 Å². The number of aromatic nitrogens is 3. The molecule has 0 unspecified atom stereocenters. The summed E-state index contributed by atoms with van der Waals surface area (Å²) in [5.41, 5.74) is 3.43. The maximum absolute atomic E-state index is 4.46. The van der Waals surface area contributed by atoms with Crippen LogP contribution in [0, 0.1) is 6.92 Å². The molecule has 23 heavy (non-hydrogen) atoms. The van der Waals surface area contributed by atoms with Gasteiger partial charge in [0.05, 0.1) is 12.2 Å². The van der Waals surface area contributed by atoms with Gasteiger partial charge in [0.25, 0.3) is 0 Å². The second kappa shape index (κ2) is 7.35. The third-order valence-corrected chi connectivity index (χ3v) is 3.40. The first kappa shape index (κ1) is 15.0. The number of rotatable bonds is 6. The van der Waals surface area contributed by atoms with Crippen LogP contribution in [0.15, 0.2) is 60.9 Å². The van der Waals surface area contributed by atoms with E-state index in [0.717, 1.165) is 11.5 Å². The number of hydrogen-bond acceptors (Lipinski definition) is 5. The topological polar surface area (TPSA) is 62.7 Å². The third kappa shape index (κ3) is 4.51. The van der Waals surface area contributed by atoms with E-state index in [1.165, 1.54) is 11.1 Å². The van der Waals surface area contributed by atoms with Gasteiger partial charge in [-0.25, -0.2) is 4.98 Å². The number of nitrogens with one attached hydrogen (secondary N) is 2. The van der Waals surface area contributed by atoms with E-state index in [1.807, 2.05) is 24.3 Å². The Labute approximate surface area is 135 Å². The molecule has 116 valence electrons. The van der Waals surface area contributed by atoms with Crippen molar-refractivity contribution in [3.05, 3.63) is 77.7 Å². The van der Waals surface area contributed by atoms with Crippen LogP contribution in [-0.2, 0) is 13.1 Å². The monoisotopic (exact) mass is 305 g/mol. The molecule has 5 heteroatoms. The number of hydrogen-bond donors (Lipinski definition) is 2. The van der Waals surface area contributed by atoms with Crippen LogP contribution in [0.1, 0.15) is 16.8 Å². The smallest absolute Gasteiger partial charge is 0.224 e. The minimum atomic E-state index is 0.608. The molecule has 0 atom stereocenters. The first-order valence-corrected chi connectivity index (χ1v) is 7.56. The van der Waals surface area contributed by atoms with Crippen molar-refractivity contribution in [1.29, 1.82) is 0 Å². The molecular weight excluding hydrogens is 286 g/mol. The van der Waals surface area contributed by atoms with Gasteiger partial charge in [-0.2, -0.15) is 4.98 Å². The maximum atomic E-state index is 4.46. The summed E-state index contributed by atoms with van der Waals surface area (Å²) in [6.45, 7) is 3.41. The lowest BCUT2D eigenvalue weighted by molar-refractivity contribution is 1.01. The van der Waals surface area contributed by atoms with Crippen molar-refractivity contribution in [2.45, 2.75) is 20.0 Å². The summed E-state index contributed by atoms with van der Waals surface area (Å²) in [5.74, 6) is 1.38. The lowest BCUT2D eigenvalue weighted by Crippen LogP contribution is -2.07. The molecule has 5 nitrogen and oxygen atoms in total. The van der Waals surface area contributed by atoms with Crippen LogP contribution in [0.5, 0.6) is 0 Å². The molecule has 0 aliphatic carbocycles. The minimum absolute atomic E-state index is 0.608. The molecule has 3 aromatic rings. The molecule has 2 heterocycles. The fraction of sp³-hybridized carbons (Fsp3) is 0.167. The first-order chi connectivity index (χ1) is 11.3. The van der Waals surface area contributed by atoms with Crippen molar-refractivity contribution in [3.8, 4) is 0 Å². The number of anilines is 2. The lowest BCUT2D eigenvalue weighted by Gasteiger charge is -2.08. The van der Waals surface area contributed by atoms with Gasteiger partial charge >= 0.3 is 0 Å². The fourth-order valence-corrected chi connectivity index (χ4v) is 2.11. The number of nitrogens with zero attached hydrogens (tertiary/aromatic N) is 3. The van der Waals surface area contributed by atoms with E-state index in [1.54, 1.807) is 12.4 Å². The summed E-state index contributed by atoms with van der Waals surface area (Å²) >= 11 is 0. The Morgan fingerprint density at radius 1 is 0.826 bits per heavy atom. The minimum Gasteiger partial charge on any atom is -0.364 e. The highest BCUT2D eigenvalue weighted by Gasteiger charge is 2.00. The molecule has 0 radical (unpaired) electrons. The van der Waals surface area contributed by atoms with Crippen LogP contribution in [0.25, 0.3) is 0 Å². The SMILES string of the molecule is Cc1ccc(CNc2nccc(NCc3ccccn3)n2)cc1. The average Bonchev–Trinajstić information content (AvgIpc) is 2.61. The molecule has 3 rings (SSSR count). The zero-order chi connectivity index (χ0) is 15.9. The van der Waals surface area contributed by atoms with Crippen LogP contribution in [0.2, 0.25) is 0 Å². The van der Waals surface area contributed by atoms with Gasteiger partial charge in [0.2, 0.25) is 5.95 Å². The first-order valence-electron chi connectivity index (χ1n) is 7.56. The Kier molecular flexibility index (Phi) is 4.79. The van der Waals surface area contributed by atoms with Gasteiger partial charge in [0.1, 0.15) is 5.82 Å². The molecule has 0 fully saturated rings. The van der Waals surface area contributed by atoms with E-state index in [4.69, 9.17) is 0 Å². The molecular formula is C18H19N5. The molecule has 0 saturated carbocycles. The molecule has 0 amide bonds. The van der Waals surface area contributed by atoms with Crippen LogP contribution >= 0.6 is 0 Å². The Morgan fingerprint density at radius 3 is 2.48 bits per heavy atom. The predicted molar refractivity (Wildman–Crippen MR) is 92.1 cm³/mol. The Morgan fingerprint density at radius 2 is 1.70 bits per heavy atom. The Bertz CT molecular complexity index is 741. The van der Waals surface area contributed by atoms with Gasteiger partial charge < -0.3 is 10.6 Å². The summed E-state index contributed by atoms with van der Waals surface area (Å²) < 4.78 is 0. The van der Waals surface area contributed by atoms with E-state index in [0.29, 0.717) is 19.0 Å². The van der Waals surface area contributed by atoms with E-state index in [-0.39, 0.29) is 0 Å². The predicted octanol–water partition coefficient (Wildman–Crippen LogP) is 3.40. The third-order valence-electron chi connectivity index (χ3n) is 3.40.